The summed E-state index contributed by atoms with van der Waals surface area (Å²) in [5, 5.41) is 2.93. The lowest BCUT2D eigenvalue weighted by atomic mass is 10.1. The molecule has 4 nitrogen and oxygen atoms in total. The van der Waals surface area contributed by atoms with E-state index in [1.807, 2.05) is 4.90 Å². The fourth-order valence-electron chi connectivity index (χ4n) is 2.91. The molecule has 1 fully saturated rings. The van der Waals surface area contributed by atoms with Crippen molar-refractivity contribution in [3.63, 3.8) is 0 Å². The van der Waals surface area contributed by atoms with Crippen LogP contribution in [0.1, 0.15) is 36.0 Å². The smallest absolute Gasteiger partial charge is 0.317 e. The molecule has 0 unspecified atom stereocenters. The van der Waals surface area contributed by atoms with Crippen molar-refractivity contribution < 1.29 is 9.53 Å². The number of hydrogen-bond donors (Lipinski definition) is 1. The van der Waals surface area contributed by atoms with Crippen LogP contribution in [0, 0.1) is 20.8 Å². The maximum Gasteiger partial charge on any atom is 0.317 e. The summed E-state index contributed by atoms with van der Waals surface area (Å²) in [6.07, 6.45) is 3.47. The summed E-state index contributed by atoms with van der Waals surface area (Å²) in [5.74, 6) is 0.938. The maximum atomic E-state index is 11.9. The van der Waals surface area contributed by atoms with Crippen LogP contribution >= 0.6 is 0 Å². The molecular weight excluding hydrogens is 264 g/mol. The quantitative estimate of drug-likeness (QED) is 0.865. The van der Waals surface area contributed by atoms with Gasteiger partial charge in [0.1, 0.15) is 12.4 Å². The minimum Gasteiger partial charge on any atom is -0.491 e. The number of aryl methyl sites for hydroxylation is 3. The zero-order chi connectivity index (χ0) is 15.2. The number of rotatable bonds is 4. The van der Waals surface area contributed by atoms with Crippen LogP contribution in [0.2, 0.25) is 0 Å². The normalized spacial score (nSPS) is 14.9. The Morgan fingerprint density at radius 1 is 1.14 bits per heavy atom. The van der Waals surface area contributed by atoms with E-state index in [2.05, 4.69) is 38.2 Å². The van der Waals surface area contributed by atoms with Gasteiger partial charge in [0.15, 0.2) is 0 Å². The Balaban J connectivity index is 1.76. The van der Waals surface area contributed by atoms with Crippen molar-refractivity contribution in [2.24, 2.45) is 0 Å². The van der Waals surface area contributed by atoms with Crippen LogP contribution < -0.4 is 10.1 Å². The molecule has 0 aliphatic carbocycles. The van der Waals surface area contributed by atoms with Crippen molar-refractivity contribution in [2.75, 3.05) is 26.2 Å². The highest BCUT2D eigenvalue weighted by molar-refractivity contribution is 5.74. The molecule has 0 saturated carbocycles. The predicted octanol–water partition coefficient (Wildman–Crippen LogP) is 3.19. The third kappa shape index (κ3) is 4.38. The Kier molecular flexibility index (Phi) is 5.48. The molecule has 0 aromatic heterocycles. The van der Waals surface area contributed by atoms with E-state index >= 15 is 0 Å². The lowest BCUT2D eigenvalue weighted by Gasteiger charge is -2.26. The SMILES string of the molecule is Cc1cc(C)c(OCCNC(=O)N2CCCCC2)c(C)c1. The van der Waals surface area contributed by atoms with Gasteiger partial charge in [-0.3, -0.25) is 0 Å². The number of nitrogens with zero attached hydrogens (tertiary/aromatic N) is 1. The highest BCUT2D eigenvalue weighted by Crippen LogP contribution is 2.24. The molecule has 4 heteroatoms. The number of carbonyl (C=O) groups excluding carboxylic acids is 1. The number of carbonyl (C=O) groups is 1. The zero-order valence-electron chi connectivity index (χ0n) is 13.4. The minimum atomic E-state index is 0.0376. The zero-order valence-corrected chi connectivity index (χ0v) is 13.4. The second kappa shape index (κ2) is 7.34. The van der Waals surface area contributed by atoms with Crippen LogP contribution in [0.3, 0.4) is 0 Å². The minimum absolute atomic E-state index is 0.0376. The van der Waals surface area contributed by atoms with Crippen LogP contribution in [0.15, 0.2) is 12.1 Å². The molecule has 1 aliphatic rings. The van der Waals surface area contributed by atoms with Crippen molar-refractivity contribution in [1.82, 2.24) is 10.2 Å². The number of piperidine rings is 1. The highest BCUT2D eigenvalue weighted by Gasteiger charge is 2.15. The summed E-state index contributed by atoms with van der Waals surface area (Å²) < 4.78 is 5.83. The highest BCUT2D eigenvalue weighted by atomic mass is 16.5. The largest absolute Gasteiger partial charge is 0.491 e. The predicted molar refractivity (Wildman–Crippen MR) is 85.0 cm³/mol. The lowest BCUT2D eigenvalue weighted by Crippen LogP contribution is -2.43. The van der Waals surface area contributed by atoms with E-state index in [1.165, 1.54) is 12.0 Å². The summed E-state index contributed by atoms with van der Waals surface area (Å²) in [4.78, 5) is 13.8. The van der Waals surface area contributed by atoms with Crippen LogP contribution in [-0.4, -0.2) is 37.2 Å². The second-order valence-electron chi connectivity index (χ2n) is 5.86. The summed E-state index contributed by atoms with van der Waals surface area (Å²) in [5.41, 5.74) is 3.54. The molecule has 1 aromatic rings. The molecule has 116 valence electrons. The molecule has 0 bridgehead atoms. The van der Waals surface area contributed by atoms with Gasteiger partial charge < -0.3 is 15.0 Å². The Morgan fingerprint density at radius 3 is 2.38 bits per heavy atom. The van der Waals surface area contributed by atoms with Gasteiger partial charge >= 0.3 is 6.03 Å². The van der Waals surface area contributed by atoms with E-state index in [0.717, 1.165) is 42.8 Å². The fraction of sp³-hybridized carbons (Fsp3) is 0.588. The van der Waals surface area contributed by atoms with E-state index in [4.69, 9.17) is 4.74 Å². The molecular formula is C17H26N2O2. The van der Waals surface area contributed by atoms with Crippen molar-refractivity contribution in [3.8, 4) is 5.75 Å². The van der Waals surface area contributed by atoms with E-state index in [0.29, 0.717) is 13.2 Å². The molecule has 1 aromatic carbocycles. The molecule has 2 rings (SSSR count). The van der Waals surface area contributed by atoms with Gasteiger partial charge in [0.25, 0.3) is 0 Å². The molecule has 0 spiro atoms. The molecule has 1 N–H and O–H groups in total. The molecule has 1 aliphatic heterocycles. The third-order valence-corrected chi connectivity index (χ3v) is 3.87. The van der Waals surface area contributed by atoms with E-state index < -0.39 is 0 Å². The topological polar surface area (TPSA) is 41.6 Å². The monoisotopic (exact) mass is 290 g/mol. The van der Waals surface area contributed by atoms with Crippen LogP contribution in [0.4, 0.5) is 4.79 Å². The average Bonchev–Trinajstić information content (AvgIpc) is 2.46. The fourth-order valence-corrected chi connectivity index (χ4v) is 2.91. The Labute approximate surface area is 127 Å². The molecule has 0 atom stereocenters. The van der Waals surface area contributed by atoms with Gasteiger partial charge in [-0.1, -0.05) is 17.7 Å². The van der Waals surface area contributed by atoms with Gasteiger partial charge in [-0.15, -0.1) is 0 Å². The number of benzene rings is 1. The maximum absolute atomic E-state index is 11.9. The van der Waals surface area contributed by atoms with Crippen LogP contribution in [-0.2, 0) is 0 Å². The van der Waals surface area contributed by atoms with Crippen molar-refractivity contribution >= 4 is 6.03 Å². The van der Waals surface area contributed by atoms with Crippen molar-refractivity contribution in [3.05, 3.63) is 28.8 Å². The number of ether oxygens (including phenoxy) is 1. The standard InChI is InChI=1S/C17H26N2O2/c1-13-11-14(2)16(15(3)12-13)21-10-7-18-17(20)19-8-5-4-6-9-19/h11-12H,4-10H2,1-3H3,(H,18,20). The summed E-state index contributed by atoms with van der Waals surface area (Å²) >= 11 is 0. The van der Waals surface area contributed by atoms with E-state index in [9.17, 15) is 4.79 Å². The van der Waals surface area contributed by atoms with Crippen LogP contribution in [0.25, 0.3) is 0 Å². The van der Waals surface area contributed by atoms with Gasteiger partial charge in [-0.2, -0.15) is 0 Å². The Morgan fingerprint density at radius 2 is 1.76 bits per heavy atom. The number of amides is 2. The first-order chi connectivity index (χ1) is 10.1. The summed E-state index contributed by atoms with van der Waals surface area (Å²) in [6.45, 7) is 9.00. The van der Waals surface area contributed by atoms with Gasteiger partial charge in [0.2, 0.25) is 0 Å². The van der Waals surface area contributed by atoms with Crippen molar-refractivity contribution in [2.45, 2.75) is 40.0 Å². The number of nitrogens with one attached hydrogen (secondary N) is 1. The molecule has 1 heterocycles. The Hall–Kier alpha value is -1.71. The number of urea groups is 1. The lowest BCUT2D eigenvalue weighted by molar-refractivity contribution is 0.183. The van der Waals surface area contributed by atoms with E-state index in [1.54, 1.807) is 0 Å². The second-order valence-corrected chi connectivity index (χ2v) is 5.86. The summed E-state index contributed by atoms with van der Waals surface area (Å²) in [7, 11) is 0. The molecule has 21 heavy (non-hydrogen) atoms. The van der Waals surface area contributed by atoms with E-state index in [-0.39, 0.29) is 6.03 Å². The average molecular weight is 290 g/mol. The van der Waals surface area contributed by atoms with Gasteiger partial charge in [-0.05, 0) is 51.2 Å². The first-order valence-corrected chi connectivity index (χ1v) is 7.81. The molecule has 1 saturated heterocycles. The van der Waals surface area contributed by atoms with Crippen LogP contribution in [0.5, 0.6) is 5.75 Å². The Bertz CT molecular complexity index is 471. The van der Waals surface area contributed by atoms with Gasteiger partial charge in [0, 0.05) is 13.1 Å². The third-order valence-electron chi connectivity index (χ3n) is 3.87. The van der Waals surface area contributed by atoms with Gasteiger partial charge in [-0.25, -0.2) is 4.79 Å². The first kappa shape index (κ1) is 15.7. The number of hydrogen-bond acceptors (Lipinski definition) is 2. The first-order valence-electron chi connectivity index (χ1n) is 7.81. The van der Waals surface area contributed by atoms with Crippen molar-refractivity contribution in [1.29, 1.82) is 0 Å². The molecule has 0 radical (unpaired) electrons. The number of likely N-dealkylation sites (tertiary alicyclic amines) is 1. The molecule has 2 amide bonds. The summed E-state index contributed by atoms with van der Waals surface area (Å²) in [6, 6.07) is 4.28. The van der Waals surface area contributed by atoms with Gasteiger partial charge in [0.05, 0.1) is 6.54 Å².